The molecule has 1 N–H and O–H groups in total. The zero-order chi connectivity index (χ0) is 17.9. The van der Waals surface area contributed by atoms with Crippen molar-refractivity contribution in [1.82, 2.24) is 0 Å². The summed E-state index contributed by atoms with van der Waals surface area (Å²) >= 11 is 0. The van der Waals surface area contributed by atoms with Crippen LogP contribution in [0.5, 0.6) is 0 Å². The van der Waals surface area contributed by atoms with Crippen molar-refractivity contribution in [2.45, 2.75) is 76.3 Å². The van der Waals surface area contributed by atoms with E-state index in [0.29, 0.717) is 6.61 Å². The van der Waals surface area contributed by atoms with Crippen LogP contribution < -0.4 is 0 Å². The first-order valence-corrected chi connectivity index (χ1v) is 10.5. The third kappa shape index (κ3) is 8.42. The Morgan fingerprint density at radius 3 is 2.46 bits per heavy atom. The Morgan fingerprint density at radius 1 is 1.12 bits per heavy atom. The summed E-state index contributed by atoms with van der Waals surface area (Å²) in [6.45, 7) is 3.96. The lowest BCUT2D eigenvalue weighted by Crippen LogP contribution is -2.33. The van der Waals surface area contributed by atoms with E-state index in [1.807, 2.05) is 12.2 Å². The standard InChI is InChI=1S/C18H32O5S/c1-3-4-5-6-7-9-12-18(13-10-8-11-14-18)23-16-15-22-17(2)24(19,20)21/h8,10-11,13,17H,3-7,9,12,14-16H2,1-2H3,(H,19,20,21). The molecule has 1 aliphatic carbocycles. The van der Waals surface area contributed by atoms with Gasteiger partial charge in [-0.05, 0) is 19.8 Å². The first kappa shape index (κ1) is 21.4. The summed E-state index contributed by atoms with van der Waals surface area (Å²) in [4.78, 5) is 0. The molecule has 0 radical (unpaired) electrons. The van der Waals surface area contributed by atoms with E-state index in [9.17, 15) is 8.42 Å². The molecule has 6 heteroatoms. The minimum Gasteiger partial charge on any atom is -0.368 e. The van der Waals surface area contributed by atoms with Gasteiger partial charge in [-0.1, -0.05) is 69.8 Å². The van der Waals surface area contributed by atoms with Crippen molar-refractivity contribution < 1.29 is 22.4 Å². The predicted molar refractivity (Wildman–Crippen MR) is 96.5 cm³/mol. The first-order valence-electron chi connectivity index (χ1n) is 8.96. The van der Waals surface area contributed by atoms with Crippen LogP contribution in [0.3, 0.4) is 0 Å². The van der Waals surface area contributed by atoms with E-state index in [0.717, 1.165) is 19.3 Å². The largest absolute Gasteiger partial charge is 0.368 e. The van der Waals surface area contributed by atoms with Gasteiger partial charge in [0.25, 0.3) is 10.1 Å². The molecule has 5 nitrogen and oxygen atoms in total. The monoisotopic (exact) mass is 360 g/mol. The van der Waals surface area contributed by atoms with Gasteiger partial charge in [0.05, 0.1) is 18.8 Å². The molecular formula is C18H32O5S. The summed E-state index contributed by atoms with van der Waals surface area (Å²) in [6, 6.07) is 0. The van der Waals surface area contributed by atoms with Crippen molar-refractivity contribution in [1.29, 1.82) is 0 Å². The van der Waals surface area contributed by atoms with Crippen LogP contribution >= 0.6 is 0 Å². The molecule has 0 heterocycles. The van der Waals surface area contributed by atoms with Gasteiger partial charge in [0, 0.05) is 0 Å². The van der Waals surface area contributed by atoms with E-state index >= 15 is 0 Å². The van der Waals surface area contributed by atoms with Gasteiger partial charge in [-0.15, -0.1) is 0 Å². The van der Waals surface area contributed by atoms with Gasteiger partial charge in [0.2, 0.25) is 0 Å². The maximum atomic E-state index is 10.9. The highest BCUT2D eigenvalue weighted by Gasteiger charge is 2.27. The fourth-order valence-corrected chi connectivity index (χ4v) is 3.03. The van der Waals surface area contributed by atoms with Crippen LogP contribution in [-0.2, 0) is 19.6 Å². The molecule has 0 aromatic rings. The molecule has 140 valence electrons. The molecule has 24 heavy (non-hydrogen) atoms. The minimum atomic E-state index is -4.15. The molecule has 0 fully saturated rings. The summed E-state index contributed by atoms with van der Waals surface area (Å²) in [5.41, 5.74) is -1.54. The van der Waals surface area contributed by atoms with Crippen LogP contribution in [0.1, 0.15) is 65.2 Å². The Hall–Kier alpha value is -0.690. The van der Waals surface area contributed by atoms with Crippen molar-refractivity contribution >= 4 is 10.1 Å². The fourth-order valence-electron chi connectivity index (χ4n) is 2.76. The Balaban J connectivity index is 2.34. The lowest BCUT2D eigenvalue weighted by molar-refractivity contribution is -0.0465. The zero-order valence-corrected chi connectivity index (χ0v) is 15.8. The molecule has 0 amide bonds. The Kier molecular flexibility index (Phi) is 9.81. The van der Waals surface area contributed by atoms with Crippen molar-refractivity contribution in [3.05, 3.63) is 24.3 Å². The van der Waals surface area contributed by atoms with Gasteiger partial charge >= 0.3 is 0 Å². The summed E-state index contributed by atoms with van der Waals surface area (Å²) in [6.07, 6.45) is 17.4. The highest BCUT2D eigenvalue weighted by atomic mass is 32.2. The molecule has 0 aromatic heterocycles. The molecule has 2 atom stereocenters. The van der Waals surface area contributed by atoms with Gasteiger partial charge in [-0.25, -0.2) is 0 Å². The Morgan fingerprint density at radius 2 is 1.83 bits per heavy atom. The third-order valence-corrected chi connectivity index (χ3v) is 5.28. The second-order valence-electron chi connectivity index (χ2n) is 6.38. The van der Waals surface area contributed by atoms with Gasteiger partial charge in [-0.2, -0.15) is 8.42 Å². The molecule has 0 saturated heterocycles. The number of hydrogen-bond donors (Lipinski definition) is 1. The van der Waals surface area contributed by atoms with Crippen LogP contribution in [0.4, 0.5) is 0 Å². The second kappa shape index (κ2) is 11.0. The molecule has 0 bridgehead atoms. The molecule has 0 spiro atoms. The Labute approximate surface area is 146 Å². The lowest BCUT2D eigenvalue weighted by Gasteiger charge is -2.32. The number of allylic oxidation sites excluding steroid dienone is 2. The van der Waals surface area contributed by atoms with E-state index in [1.165, 1.54) is 39.0 Å². The molecule has 2 unspecified atom stereocenters. The molecule has 0 aromatic carbocycles. The summed E-state index contributed by atoms with van der Waals surface area (Å²) in [5, 5.41) is 0. The second-order valence-corrected chi connectivity index (χ2v) is 8.07. The van der Waals surface area contributed by atoms with E-state index in [-0.39, 0.29) is 12.2 Å². The molecular weight excluding hydrogens is 328 g/mol. The fraction of sp³-hybridized carbons (Fsp3) is 0.778. The van der Waals surface area contributed by atoms with E-state index in [2.05, 4.69) is 19.1 Å². The quantitative estimate of drug-likeness (QED) is 0.392. The van der Waals surface area contributed by atoms with Crippen LogP contribution in [0, 0.1) is 0 Å². The van der Waals surface area contributed by atoms with Gasteiger partial charge < -0.3 is 9.47 Å². The van der Waals surface area contributed by atoms with Crippen molar-refractivity contribution in [3.63, 3.8) is 0 Å². The van der Waals surface area contributed by atoms with Crippen LogP contribution in [0.15, 0.2) is 24.3 Å². The van der Waals surface area contributed by atoms with Gasteiger partial charge in [0.15, 0.2) is 5.44 Å². The van der Waals surface area contributed by atoms with Crippen LogP contribution in [-0.4, -0.2) is 37.2 Å². The summed E-state index contributed by atoms with van der Waals surface area (Å²) < 4.78 is 41.8. The SMILES string of the molecule is CCCCCCCCC1(OCCOC(C)S(=O)(=O)O)C=CC=CC1. The predicted octanol–water partition coefficient (Wildman–Crippen LogP) is 4.26. The number of unbranched alkanes of at least 4 members (excludes halogenated alkanes) is 5. The number of hydrogen-bond acceptors (Lipinski definition) is 4. The van der Waals surface area contributed by atoms with E-state index in [1.54, 1.807) is 0 Å². The van der Waals surface area contributed by atoms with Crippen LogP contribution in [0.2, 0.25) is 0 Å². The molecule has 0 saturated carbocycles. The van der Waals surface area contributed by atoms with Crippen molar-refractivity contribution in [3.8, 4) is 0 Å². The maximum Gasteiger partial charge on any atom is 0.291 e. The average Bonchev–Trinajstić information content (AvgIpc) is 2.55. The smallest absolute Gasteiger partial charge is 0.291 e. The van der Waals surface area contributed by atoms with Crippen molar-refractivity contribution in [2.75, 3.05) is 13.2 Å². The number of rotatable bonds is 13. The minimum absolute atomic E-state index is 0.136. The average molecular weight is 361 g/mol. The Bertz CT molecular complexity index is 498. The molecule has 1 rings (SSSR count). The topological polar surface area (TPSA) is 72.8 Å². The third-order valence-electron chi connectivity index (χ3n) is 4.31. The van der Waals surface area contributed by atoms with Crippen molar-refractivity contribution in [2.24, 2.45) is 0 Å². The lowest BCUT2D eigenvalue weighted by atomic mass is 9.89. The first-order chi connectivity index (χ1) is 11.4. The van der Waals surface area contributed by atoms with Gasteiger partial charge in [0.1, 0.15) is 0 Å². The van der Waals surface area contributed by atoms with E-state index in [4.69, 9.17) is 14.0 Å². The molecule has 1 aliphatic rings. The molecule has 0 aliphatic heterocycles. The highest BCUT2D eigenvalue weighted by Crippen LogP contribution is 2.29. The maximum absolute atomic E-state index is 10.9. The zero-order valence-electron chi connectivity index (χ0n) is 14.9. The normalized spacial score (nSPS) is 22.0. The number of ether oxygens (including phenoxy) is 2. The van der Waals surface area contributed by atoms with Gasteiger partial charge in [-0.3, -0.25) is 4.55 Å². The summed E-state index contributed by atoms with van der Waals surface area (Å²) in [7, 11) is -4.15. The summed E-state index contributed by atoms with van der Waals surface area (Å²) in [5.74, 6) is 0. The van der Waals surface area contributed by atoms with E-state index < -0.39 is 15.6 Å². The highest BCUT2D eigenvalue weighted by molar-refractivity contribution is 7.86. The van der Waals surface area contributed by atoms with Crippen LogP contribution in [0.25, 0.3) is 0 Å².